The molecule has 2 fully saturated rings. The summed E-state index contributed by atoms with van der Waals surface area (Å²) in [5.41, 5.74) is 1.26. The van der Waals surface area contributed by atoms with Gasteiger partial charge in [0.1, 0.15) is 17.1 Å². The van der Waals surface area contributed by atoms with E-state index < -0.39 is 18.2 Å². The lowest BCUT2D eigenvalue weighted by Gasteiger charge is -2.67. The molecule has 2 heterocycles. The van der Waals surface area contributed by atoms with E-state index in [4.69, 9.17) is 9.47 Å². The van der Waals surface area contributed by atoms with Gasteiger partial charge in [0, 0.05) is 29.0 Å². The predicted octanol–water partition coefficient (Wildman–Crippen LogP) is 3.30. The Morgan fingerprint density at radius 3 is 2.72 bits per heavy atom. The third-order valence-corrected chi connectivity index (χ3v) is 9.35. The van der Waals surface area contributed by atoms with Crippen LogP contribution in [0.5, 0.6) is 11.5 Å². The average molecular weight is 444 g/mol. The third-order valence-electron chi connectivity index (χ3n) is 9.35. The molecule has 2 aliphatic heterocycles. The summed E-state index contributed by atoms with van der Waals surface area (Å²) in [7, 11) is 0. The average Bonchev–Trinajstić information content (AvgIpc) is 3.10. The summed E-state index contributed by atoms with van der Waals surface area (Å²) in [6, 6.07) is 1.68. The monoisotopic (exact) mass is 443 g/mol. The molecule has 32 heavy (non-hydrogen) atoms. The molecule has 2 aliphatic carbocycles. The number of nitrogens with one attached hydrogen (secondary N) is 1. The molecule has 0 bridgehead atoms. The molecule has 1 aromatic rings. The molecule has 7 nitrogen and oxygen atoms in total. The lowest BCUT2D eigenvalue weighted by atomic mass is 9.43. The second-order valence-corrected chi connectivity index (χ2v) is 11.1. The smallest absolute Gasteiger partial charge is 0.341 e. The number of carbonyl (C=O) groups is 2. The molecule has 0 aromatic heterocycles. The zero-order valence-electron chi connectivity index (χ0n) is 19.3. The lowest BCUT2D eigenvalue weighted by Crippen LogP contribution is -2.70. The van der Waals surface area contributed by atoms with Crippen molar-refractivity contribution < 1.29 is 29.3 Å². The van der Waals surface area contributed by atoms with E-state index in [2.05, 4.69) is 33.0 Å². The minimum absolute atomic E-state index is 0.178. The molecule has 1 amide bonds. The van der Waals surface area contributed by atoms with Gasteiger partial charge in [0.05, 0.1) is 11.7 Å². The zero-order chi connectivity index (χ0) is 23.1. The number of aliphatic hydroxyl groups excluding tert-OH is 1. The molecular formula is C25H33NO6. The Bertz CT molecular complexity index is 1000. The molecule has 2 saturated carbocycles. The van der Waals surface area contributed by atoms with Crippen LogP contribution in [-0.2, 0) is 17.8 Å². The molecule has 1 aromatic carbocycles. The molecular weight excluding hydrogens is 410 g/mol. The Morgan fingerprint density at radius 1 is 1.25 bits per heavy atom. The highest BCUT2D eigenvalue weighted by Crippen LogP contribution is 2.66. The fourth-order valence-corrected chi connectivity index (χ4v) is 7.21. The summed E-state index contributed by atoms with van der Waals surface area (Å²) < 4.78 is 12.8. The fraction of sp³-hybridized carbons (Fsp3) is 0.680. The van der Waals surface area contributed by atoms with Crippen LogP contribution in [-0.4, -0.2) is 40.4 Å². The van der Waals surface area contributed by atoms with Gasteiger partial charge in [0.25, 0.3) is 5.91 Å². The molecule has 0 radical (unpaired) electrons. The van der Waals surface area contributed by atoms with Crippen LogP contribution < -0.4 is 14.8 Å². The lowest BCUT2D eigenvalue weighted by molar-refractivity contribution is -0.233. The Morgan fingerprint density at radius 2 is 2.00 bits per heavy atom. The van der Waals surface area contributed by atoms with Gasteiger partial charge < -0.3 is 25.0 Å². The van der Waals surface area contributed by atoms with Gasteiger partial charge in [0.15, 0.2) is 6.61 Å². The van der Waals surface area contributed by atoms with Crippen LogP contribution in [0.2, 0.25) is 0 Å². The minimum Gasteiger partial charge on any atom is -0.486 e. The zero-order valence-corrected chi connectivity index (χ0v) is 19.3. The van der Waals surface area contributed by atoms with Crippen LogP contribution in [0.1, 0.15) is 74.9 Å². The van der Waals surface area contributed by atoms with Crippen molar-refractivity contribution in [2.45, 2.75) is 78.0 Å². The second-order valence-electron chi connectivity index (χ2n) is 11.1. The van der Waals surface area contributed by atoms with Crippen molar-refractivity contribution >= 4 is 11.9 Å². The maximum absolute atomic E-state index is 12.5. The van der Waals surface area contributed by atoms with Gasteiger partial charge in [-0.1, -0.05) is 27.7 Å². The molecule has 0 saturated heterocycles. The van der Waals surface area contributed by atoms with Gasteiger partial charge in [-0.3, -0.25) is 4.79 Å². The Labute approximate surface area is 188 Å². The number of amides is 1. The fourth-order valence-electron chi connectivity index (χ4n) is 7.21. The van der Waals surface area contributed by atoms with Crippen LogP contribution in [0.25, 0.3) is 0 Å². The number of aliphatic carboxylic acids is 1. The number of hydrogen-bond donors (Lipinski definition) is 3. The van der Waals surface area contributed by atoms with Gasteiger partial charge in [0.2, 0.25) is 0 Å². The number of carbonyl (C=O) groups excluding carboxylic acids is 1. The summed E-state index contributed by atoms with van der Waals surface area (Å²) >= 11 is 0. The topological polar surface area (TPSA) is 105 Å². The van der Waals surface area contributed by atoms with E-state index in [1.807, 2.05) is 0 Å². The summed E-state index contributed by atoms with van der Waals surface area (Å²) in [4.78, 5) is 23.7. The maximum atomic E-state index is 12.5. The van der Waals surface area contributed by atoms with Crippen molar-refractivity contribution in [1.82, 2.24) is 5.32 Å². The molecule has 1 spiro atoms. The predicted molar refractivity (Wildman–Crippen MR) is 117 cm³/mol. The maximum Gasteiger partial charge on any atom is 0.341 e. The van der Waals surface area contributed by atoms with Gasteiger partial charge >= 0.3 is 5.97 Å². The molecule has 0 unspecified atom stereocenters. The van der Waals surface area contributed by atoms with Crippen molar-refractivity contribution in [2.75, 3.05) is 6.61 Å². The van der Waals surface area contributed by atoms with Crippen molar-refractivity contribution in [3.05, 3.63) is 22.8 Å². The van der Waals surface area contributed by atoms with Gasteiger partial charge in [-0.25, -0.2) is 4.79 Å². The van der Waals surface area contributed by atoms with Gasteiger partial charge in [-0.2, -0.15) is 0 Å². The van der Waals surface area contributed by atoms with Crippen LogP contribution in [0.4, 0.5) is 0 Å². The van der Waals surface area contributed by atoms with Crippen molar-refractivity contribution in [3.63, 3.8) is 0 Å². The summed E-state index contributed by atoms with van der Waals surface area (Å²) in [5, 5.41) is 22.9. The molecule has 5 rings (SSSR count). The van der Waals surface area contributed by atoms with E-state index in [-0.39, 0.29) is 28.8 Å². The van der Waals surface area contributed by atoms with E-state index in [0.29, 0.717) is 42.4 Å². The number of fused-ring (bicyclic) bond motifs is 3. The van der Waals surface area contributed by atoms with Crippen molar-refractivity contribution in [1.29, 1.82) is 0 Å². The molecule has 7 heteroatoms. The first kappa shape index (κ1) is 21.6. The van der Waals surface area contributed by atoms with Crippen LogP contribution >= 0.6 is 0 Å². The third kappa shape index (κ3) is 2.69. The summed E-state index contributed by atoms with van der Waals surface area (Å²) in [6.07, 6.45) is 3.80. The number of carboxylic acids is 1. The molecule has 5 atom stereocenters. The van der Waals surface area contributed by atoms with E-state index >= 15 is 0 Å². The number of aliphatic hydroxyl groups is 1. The minimum atomic E-state index is -1.06. The van der Waals surface area contributed by atoms with Crippen molar-refractivity contribution in [2.24, 2.45) is 22.7 Å². The molecule has 4 aliphatic rings. The second kappa shape index (κ2) is 6.86. The molecule has 174 valence electrons. The van der Waals surface area contributed by atoms with Crippen molar-refractivity contribution in [3.8, 4) is 11.5 Å². The quantitative estimate of drug-likeness (QED) is 0.662. The first-order valence-corrected chi connectivity index (χ1v) is 11.7. The summed E-state index contributed by atoms with van der Waals surface area (Å²) in [6.45, 7) is 8.81. The van der Waals surface area contributed by atoms with E-state index in [0.717, 1.165) is 30.4 Å². The van der Waals surface area contributed by atoms with Crippen LogP contribution in [0, 0.1) is 22.7 Å². The SMILES string of the molecule is C[C@H]1CC[C@H]2C(C)(C)[C@H](O)CC[C@]23Oc2c(c(OCC(=O)O)cc4c2CNC4=O)C[C@]13C. The summed E-state index contributed by atoms with van der Waals surface area (Å²) in [5.74, 6) is 0.432. The van der Waals surface area contributed by atoms with Gasteiger partial charge in [-0.15, -0.1) is 0 Å². The largest absolute Gasteiger partial charge is 0.486 e. The number of ether oxygens (including phenoxy) is 2. The van der Waals surface area contributed by atoms with E-state index in [9.17, 15) is 19.8 Å². The van der Waals surface area contributed by atoms with E-state index in [1.54, 1.807) is 6.07 Å². The number of rotatable bonds is 3. The Hall–Kier alpha value is -2.28. The Balaban J connectivity index is 1.70. The normalized spacial score (nSPS) is 36.7. The van der Waals surface area contributed by atoms with E-state index in [1.165, 1.54) is 0 Å². The molecule has 3 N–H and O–H groups in total. The first-order valence-electron chi connectivity index (χ1n) is 11.7. The Kier molecular flexibility index (Phi) is 4.62. The highest BCUT2D eigenvalue weighted by molar-refractivity contribution is 6.00. The van der Waals surface area contributed by atoms with Crippen LogP contribution in [0.15, 0.2) is 6.07 Å². The van der Waals surface area contributed by atoms with Gasteiger partial charge in [-0.05, 0) is 49.5 Å². The number of benzene rings is 1. The highest BCUT2D eigenvalue weighted by Gasteiger charge is 2.67. The number of carboxylic acid groups (broad SMARTS) is 1. The standard InChI is InChI=1S/C25H33NO6/c1-13-5-6-18-23(2,3)19(27)7-8-25(18)24(13,4)10-15-17(31-12-20(28)29)9-14-16(21(15)32-25)11-26-22(14)30/h9,13,18-19,27H,5-8,10-12H2,1-4H3,(H,26,30)(H,28,29)/t13-,18-,19+,24+,25-/m0/s1. The first-order chi connectivity index (χ1) is 15.0. The number of hydrogen-bond acceptors (Lipinski definition) is 5. The van der Waals surface area contributed by atoms with Crippen LogP contribution in [0.3, 0.4) is 0 Å². The highest BCUT2D eigenvalue weighted by atomic mass is 16.5.